The molecule has 0 saturated heterocycles. The monoisotopic (exact) mass is 285 g/mol. The lowest BCUT2D eigenvalue weighted by atomic mass is 9.77. The van der Waals surface area contributed by atoms with E-state index in [0.29, 0.717) is 24.3 Å². The lowest BCUT2D eigenvalue weighted by molar-refractivity contribution is -0.117. The zero-order valence-electron chi connectivity index (χ0n) is 13.2. The summed E-state index contributed by atoms with van der Waals surface area (Å²) in [5.74, 6) is 0.599. The molecule has 0 heterocycles. The number of hydrogen-bond donors (Lipinski definition) is 1. The molecule has 1 N–H and O–H groups in total. The number of benzene rings is 1. The van der Waals surface area contributed by atoms with Gasteiger partial charge in [0.2, 0.25) is 0 Å². The summed E-state index contributed by atoms with van der Waals surface area (Å²) in [6, 6.07) is 7.94. The maximum absolute atomic E-state index is 12.1. The average Bonchev–Trinajstić information content (AvgIpc) is 2.36. The Kier molecular flexibility index (Phi) is 4.31. The summed E-state index contributed by atoms with van der Waals surface area (Å²) in [7, 11) is 0. The minimum atomic E-state index is -0.169. The highest BCUT2D eigenvalue weighted by Gasteiger charge is 2.32. The first kappa shape index (κ1) is 15.5. The molecule has 0 bridgehead atoms. The Morgan fingerprint density at radius 2 is 1.81 bits per heavy atom. The second-order valence-corrected chi connectivity index (χ2v) is 6.81. The summed E-state index contributed by atoms with van der Waals surface area (Å²) in [5.41, 5.74) is 2.23. The Labute approximate surface area is 126 Å². The fourth-order valence-corrected chi connectivity index (χ4v) is 2.53. The van der Waals surface area contributed by atoms with Crippen molar-refractivity contribution in [1.82, 2.24) is 0 Å². The van der Waals surface area contributed by atoms with E-state index in [1.54, 1.807) is 0 Å². The van der Waals surface area contributed by atoms with Gasteiger partial charge in [0.05, 0.1) is 11.3 Å². The molecule has 1 aliphatic carbocycles. The zero-order valence-corrected chi connectivity index (χ0v) is 13.2. The van der Waals surface area contributed by atoms with Crippen molar-refractivity contribution in [1.29, 1.82) is 0 Å². The zero-order chi connectivity index (χ0) is 15.6. The number of rotatable bonds is 3. The van der Waals surface area contributed by atoms with Crippen LogP contribution < -0.4 is 0 Å². The third-order valence-corrected chi connectivity index (χ3v) is 3.80. The van der Waals surface area contributed by atoms with Crippen LogP contribution in [0, 0.1) is 5.41 Å². The number of hydrogen-bond acceptors (Lipinski definition) is 3. The Hall–Kier alpha value is -1.90. The van der Waals surface area contributed by atoms with Gasteiger partial charge in [-0.1, -0.05) is 39.8 Å². The molecule has 0 unspecified atom stereocenters. The fourth-order valence-electron chi connectivity index (χ4n) is 2.53. The Morgan fingerprint density at radius 3 is 2.33 bits per heavy atom. The lowest BCUT2D eigenvalue weighted by Gasteiger charge is -2.28. The number of nitrogens with zero attached hydrogens (tertiary/aromatic N) is 1. The maximum Gasteiger partial charge on any atom is 0.168 e. The maximum atomic E-state index is 12.1. The SMILES string of the molecule is CC(C)c1ccc(N=CC2=C(O)CC(C)(C)CC2=O)cc1. The van der Waals surface area contributed by atoms with Crippen molar-refractivity contribution in [3.05, 3.63) is 41.2 Å². The second-order valence-electron chi connectivity index (χ2n) is 6.81. The Morgan fingerprint density at radius 1 is 1.19 bits per heavy atom. The van der Waals surface area contributed by atoms with Crippen molar-refractivity contribution in [2.45, 2.75) is 46.5 Å². The third kappa shape index (κ3) is 3.81. The molecule has 3 nitrogen and oxygen atoms in total. The van der Waals surface area contributed by atoms with Crippen molar-refractivity contribution >= 4 is 17.7 Å². The summed E-state index contributed by atoms with van der Waals surface area (Å²) in [5, 5.41) is 10.0. The van der Waals surface area contributed by atoms with Gasteiger partial charge in [0.15, 0.2) is 5.78 Å². The number of aliphatic imine (C=N–C) groups is 1. The van der Waals surface area contributed by atoms with Crippen LogP contribution in [0.2, 0.25) is 0 Å². The van der Waals surface area contributed by atoms with E-state index in [-0.39, 0.29) is 17.0 Å². The molecule has 1 aliphatic rings. The number of ketones is 1. The summed E-state index contributed by atoms with van der Waals surface area (Å²) >= 11 is 0. The fraction of sp³-hybridized carbons (Fsp3) is 0.444. The Bertz CT molecular complexity index is 592. The predicted molar refractivity (Wildman–Crippen MR) is 86.4 cm³/mol. The van der Waals surface area contributed by atoms with Crippen molar-refractivity contribution < 1.29 is 9.90 Å². The molecule has 1 aromatic carbocycles. The van der Waals surface area contributed by atoms with Gasteiger partial charge < -0.3 is 5.11 Å². The number of carbonyl (C=O) groups is 1. The first-order valence-corrected chi connectivity index (χ1v) is 7.38. The van der Waals surface area contributed by atoms with Crippen molar-refractivity contribution in [3.63, 3.8) is 0 Å². The van der Waals surface area contributed by atoms with Gasteiger partial charge in [-0.3, -0.25) is 9.79 Å². The molecule has 0 aromatic heterocycles. The van der Waals surface area contributed by atoms with Crippen LogP contribution in [0.25, 0.3) is 0 Å². The van der Waals surface area contributed by atoms with E-state index in [2.05, 4.69) is 18.8 Å². The minimum Gasteiger partial charge on any atom is -0.511 e. The number of carbonyl (C=O) groups excluding carboxylic acids is 1. The van der Waals surface area contributed by atoms with E-state index >= 15 is 0 Å². The van der Waals surface area contributed by atoms with Gasteiger partial charge >= 0.3 is 0 Å². The van der Waals surface area contributed by atoms with Crippen LogP contribution in [0.15, 0.2) is 40.6 Å². The van der Waals surface area contributed by atoms with Crippen LogP contribution in [-0.2, 0) is 4.79 Å². The van der Waals surface area contributed by atoms with Gasteiger partial charge in [-0.15, -0.1) is 0 Å². The molecule has 0 amide bonds. The highest BCUT2D eigenvalue weighted by atomic mass is 16.3. The average molecular weight is 285 g/mol. The molecule has 1 aromatic rings. The van der Waals surface area contributed by atoms with Crippen LogP contribution in [0.4, 0.5) is 5.69 Å². The van der Waals surface area contributed by atoms with E-state index in [1.165, 1.54) is 11.8 Å². The summed E-state index contributed by atoms with van der Waals surface area (Å²) in [4.78, 5) is 16.4. The first-order valence-electron chi connectivity index (χ1n) is 7.38. The third-order valence-electron chi connectivity index (χ3n) is 3.80. The van der Waals surface area contributed by atoms with Gasteiger partial charge in [-0.25, -0.2) is 0 Å². The highest BCUT2D eigenvalue weighted by Crippen LogP contribution is 2.35. The van der Waals surface area contributed by atoms with E-state index in [4.69, 9.17) is 0 Å². The predicted octanol–water partition coefficient (Wildman–Crippen LogP) is 4.71. The van der Waals surface area contributed by atoms with Crippen LogP contribution in [0.5, 0.6) is 0 Å². The van der Waals surface area contributed by atoms with Crippen molar-refractivity contribution in [2.24, 2.45) is 10.4 Å². The normalized spacial score (nSPS) is 18.8. The largest absolute Gasteiger partial charge is 0.511 e. The molecule has 0 saturated carbocycles. The molecule has 0 atom stereocenters. The quantitative estimate of drug-likeness (QED) is 0.817. The summed E-state index contributed by atoms with van der Waals surface area (Å²) in [6.45, 7) is 8.26. The van der Waals surface area contributed by atoms with E-state index in [0.717, 1.165) is 5.69 Å². The smallest absolute Gasteiger partial charge is 0.168 e. The summed E-state index contributed by atoms with van der Waals surface area (Å²) < 4.78 is 0. The molecule has 0 spiro atoms. The van der Waals surface area contributed by atoms with E-state index < -0.39 is 0 Å². The molecule has 21 heavy (non-hydrogen) atoms. The molecular formula is C18H23NO2. The Balaban J connectivity index is 2.19. The van der Waals surface area contributed by atoms with Gasteiger partial charge in [0, 0.05) is 19.1 Å². The number of aliphatic hydroxyl groups excluding tert-OH is 1. The van der Waals surface area contributed by atoms with Crippen LogP contribution in [-0.4, -0.2) is 17.1 Å². The molecular weight excluding hydrogens is 262 g/mol. The standard InChI is InChI=1S/C18H23NO2/c1-12(2)13-5-7-14(8-6-13)19-11-15-16(20)9-18(3,4)10-17(15)21/h5-8,11-12,20H,9-10H2,1-4H3. The number of Topliss-reactive ketones (excluding diaryl/α,β-unsaturated/α-hetero) is 1. The molecule has 0 fully saturated rings. The molecule has 0 aliphatic heterocycles. The summed E-state index contributed by atoms with van der Waals surface area (Å²) in [6.07, 6.45) is 2.47. The lowest BCUT2D eigenvalue weighted by Crippen LogP contribution is -2.26. The van der Waals surface area contributed by atoms with E-state index in [9.17, 15) is 9.90 Å². The topological polar surface area (TPSA) is 49.7 Å². The molecule has 112 valence electrons. The van der Waals surface area contributed by atoms with Crippen molar-refractivity contribution in [3.8, 4) is 0 Å². The van der Waals surface area contributed by atoms with Gasteiger partial charge in [-0.05, 0) is 29.0 Å². The van der Waals surface area contributed by atoms with Crippen LogP contribution >= 0.6 is 0 Å². The molecule has 0 radical (unpaired) electrons. The van der Waals surface area contributed by atoms with Gasteiger partial charge in [0.25, 0.3) is 0 Å². The van der Waals surface area contributed by atoms with Crippen molar-refractivity contribution in [2.75, 3.05) is 0 Å². The first-order chi connectivity index (χ1) is 9.78. The molecule has 3 heteroatoms. The van der Waals surface area contributed by atoms with Crippen LogP contribution in [0.3, 0.4) is 0 Å². The second kappa shape index (κ2) is 5.84. The van der Waals surface area contributed by atoms with Gasteiger partial charge in [-0.2, -0.15) is 0 Å². The highest BCUT2D eigenvalue weighted by molar-refractivity contribution is 6.14. The number of aliphatic hydroxyl groups is 1. The molecule has 2 rings (SSSR count). The van der Waals surface area contributed by atoms with E-state index in [1.807, 2.05) is 38.1 Å². The van der Waals surface area contributed by atoms with Gasteiger partial charge in [0.1, 0.15) is 5.76 Å². The van der Waals surface area contributed by atoms with Crippen LogP contribution in [0.1, 0.15) is 52.0 Å². The number of allylic oxidation sites excluding steroid dienone is 2. The minimum absolute atomic E-state index is 0.0358.